The molecule has 0 saturated heterocycles. The van der Waals surface area contributed by atoms with Crippen molar-refractivity contribution >= 4 is 16.8 Å². The third-order valence-electron chi connectivity index (χ3n) is 4.50. The Morgan fingerprint density at radius 3 is 2.69 bits per heavy atom. The SMILES string of the molecule is Cc1cc(C(=O)N[C@@H](C)c2ccc3c(c2)OCCO3)c2ccccc2n1. The van der Waals surface area contributed by atoms with Gasteiger partial charge >= 0.3 is 0 Å². The van der Waals surface area contributed by atoms with Crippen LogP contribution in [-0.4, -0.2) is 24.1 Å². The molecule has 4 rings (SSSR count). The lowest BCUT2D eigenvalue weighted by Crippen LogP contribution is -2.27. The highest BCUT2D eigenvalue weighted by atomic mass is 16.6. The van der Waals surface area contributed by atoms with E-state index in [2.05, 4.69) is 10.3 Å². The number of carbonyl (C=O) groups is 1. The fraction of sp³-hybridized carbons (Fsp3) is 0.238. The fourth-order valence-corrected chi connectivity index (χ4v) is 3.18. The second-order valence-corrected chi connectivity index (χ2v) is 6.43. The summed E-state index contributed by atoms with van der Waals surface area (Å²) in [5, 5.41) is 3.93. The molecule has 1 amide bonds. The molecular formula is C21H20N2O3. The smallest absolute Gasteiger partial charge is 0.252 e. The van der Waals surface area contributed by atoms with E-state index in [-0.39, 0.29) is 11.9 Å². The molecule has 2 aromatic carbocycles. The Morgan fingerprint density at radius 2 is 1.85 bits per heavy atom. The van der Waals surface area contributed by atoms with Crippen LogP contribution in [-0.2, 0) is 0 Å². The summed E-state index contributed by atoms with van der Waals surface area (Å²) >= 11 is 0. The number of aryl methyl sites for hydroxylation is 1. The van der Waals surface area contributed by atoms with Gasteiger partial charge in [0.05, 0.1) is 17.1 Å². The number of hydrogen-bond acceptors (Lipinski definition) is 4. The van der Waals surface area contributed by atoms with Crippen molar-refractivity contribution < 1.29 is 14.3 Å². The normalized spacial score (nSPS) is 14.1. The quantitative estimate of drug-likeness (QED) is 0.782. The van der Waals surface area contributed by atoms with E-state index in [9.17, 15) is 4.79 Å². The number of nitrogens with one attached hydrogen (secondary N) is 1. The Balaban J connectivity index is 1.60. The average molecular weight is 348 g/mol. The van der Waals surface area contributed by atoms with Crippen LogP contribution in [0, 0.1) is 6.92 Å². The van der Waals surface area contributed by atoms with Crippen molar-refractivity contribution in [3.8, 4) is 11.5 Å². The number of hydrogen-bond donors (Lipinski definition) is 1. The topological polar surface area (TPSA) is 60.5 Å². The lowest BCUT2D eigenvalue weighted by Gasteiger charge is -2.21. The number of ether oxygens (including phenoxy) is 2. The summed E-state index contributed by atoms with van der Waals surface area (Å²) < 4.78 is 11.2. The predicted molar refractivity (Wildman–Crippen MR) is 99.8 cm³/mol. The maximum atomic E-state index is 12.9. The van der Waals surface area contributed by atoms with Crippen LogP contribution in [0.1, 0.15) is 34.6 Å². The minimum absolute atomic E-state index is 0.117. The Morgan fingerprint density at radius 1 is 1.08 bits per heavy atom. The summed E-state index contributed by atoms with van der Waals surface area (Å²) in [4.78, 5) is 17.4. The summed E-state index contributed by atoms with van der Waals surface area (Å²) in [6.45, 7) is 4.96. The molecule has 26 heavy (non-hydrogen) atoms. The first-order valence-electron chi connectivity index (χ1n) is 8.68. The van der Waals surface area contributed by atoms with Gasteiger partial charge in [-0.3, -0.25) is 9.78 Å². The number of nitrogens with zero attached hydrogens (tertiary/aromatic N) is 1. The van der Waals surface area contributed by atoms with Gasteiger partial charge in [-0.15, -0.1) is 0 Å². The lowest BCUT2D eigenvalue weighted by atomic mass is 10.0. The monoisotopic (exact) mass is 348 g/mol. The van der Waals surface area contributed by atoms with Crippen molar-refractivity contribution in [2.75, 3.05) is 13.2 Å². The molecule has 1 atom stereocenters. The molecule has 3 aromatic rings. The highest BCUT2D eigenvalue weighted by Gasteiger charge is 2.18. The molecule has 1 aliphatic rings. The van der Waals surface area contributed by atoms with E-state index < -0.39 is 0 Å². The van der Waals surface area contributed by atoms with Crippen LogP contribution in [0.4, 0.5) is 0 Å². The third-order valence-corrected chi connectivity index (χ3v) is 4.50. The van der Waals surface area contributed by atoms with Gasteiger partial charge in [0.15, 0.2) is 11.5 Å². The van der Waals surface area contributed by atoms with Crippen molar-refractivity contribution in [1.82, 2.24) is 10.3 Å². The predicted octanol–water partition coefficient (Wildman–Crippen LogP) is 3.81. The van der Waals surface area contributed by atoms with Crippen LogP contribution in [0.15, 0.2) is 48.5 Å². The van der Waals surface area contributed by atoms with Gasteiger partial charge in [0, 0.05) is 11.1 Å². The molecule has 1 aliphatic heterocycles. The highest BCUT2D eigenvalue weighted by Crippen LogP contribution is 2.32. The van der Waals surface area contributed by atoms with Crippen LogP contribution in [0.5, 0.6) is 11.5 Å². The molecule has 5 nitrogen and oxygen atoms in total. The summed E-state index contributed by atoms with van der Waals surface area (Å²) in [6, 6.07) is 15.1. The van der Waals surface area contributed by atoms with E-state index in [4.69, 9.17) is 9.47 Å². The molecular weight excluding hydrogens is 328 g/mol. The van der Waals surface area contributed by atoms with Crippen LogP contribution >= 0.6 is 0 Å². The van der Waals surface area contributed by atoms with Crippen molar-refractivity contribution in [2.24, 2.45) is 0 Å². The summed E-state index contributed by atoms with van der Waals surface area (Å²) in [6.07, 6.45) is 0. The molecule has 0 bridgehead atoms. The minimum atomic E-state index is -0.162. The van der Waals surface area contributed by atoms with Gasteiger partial charge < -0.3 is 14.8 Å². The molecule has 1 N–H and O–H groups in total. The van der Waals surface area contributed by atoms with Crippen molar-refractivity contribution in [3.63, 3.8) is 0 Å². The van der Waals surface area contributed by atoms with Crippen LogP contribution in [0.2, 0.25) is 0 Å². The first kappa shape index (κ1) is 16.4. The number of pyridine rings is 1. The Hall–Kier alpha value is -3.08. The van der Waals surface area contributed by atoms with Crippen molar-refractivity contribution in [3.05, 3.63) is 65.4 Å². The van der Waals surface area contributed by atoms with E-state index >= 15 is 0 Å². The number of aromatic nitrogens is 1. The Bertz CT molecular complexity index is 984. The second-order valence-electron chi connectivity index (χ2n) is 6.43. The molecule has 0 saturated carbocycles. The molecule has 5 heteroatoms. The zero-order chi connectivity index (χ0) is 18.1. The zero-order valence-electron chi connectivity index (χ0n) is 14.8. The van der Waals surface area contributed by atoms with E-state index in [0.717, 1.165) is 33.7 Å². The number of fused-ring (bicyclic) bond motifs is 2. The molecule has 1 aromatic heterocycles. The first-order valence-corrected chi connectivity index (χ1v) is 8.68. The van der Waals surface area contributed by atoms with Crippen molar-refractivity contribution in [1.29, 1.82) is 0 Å². The third kappa shape index (κ3) is 3.08. The first-order chi connectivity index (χ1) is 12.6. The zero-order valence-corrected chi connectivity index (χ0v) is 14.8. The van der Waals surface area contributed by atoms with Gasteiger partial charge in [-0.2, -0.15) is 0 Å². The number of rotatable bonds is 3. The van der Waals surface area contributed by atoms with Crippen LogP contribution in [0.3, 0.4) is 0 Å². The maximum Gasteiger partial charge on any atom is 0.252 e. The number of amides is 1. The number of benzene rings is 2. The van der Waals surface area contributed by atoms with E-state index in [1.807, 2.05) is 62.4 Å². The number of carbonyl (C=O) groups excluding carboxylic acids is 1. The fourth-order valence-electron chi connectivity index (χ4n) is 3.18. The van der Waals surface area contributed by atoms with E-state index in [1.54, 1.807) is 0 Å². The summed E-state index contributed by atoms with van der Waals surface area (Å²) in [5.41, 5.74) is 3.25. The number of para-hydroxylation sites is 1. The van der Waals surface area contributed by atoms with Gasteiger partial charge in [0.25, 0.3) is 5.91 Å². The maximum absolute atomic E-state index is 12.9. The van der Waals surface area contributed by atoms with Gasteiger partial charge in [-0.05, 0) is 43.7 Å². The standard InChI is InChI=1S/C21H20N2O3/c1-13-11-17(16-5-3-4-6-18(16)22-13)21(24)23-14(2)15-7-8-19-20(12-15)26-10-9-25-19/h3-8,11-12,14H,9-10H2,1-2H3,(H,23,24)/t14-/m0/s1. The van der Waals surface area contributed by atoms with Crippen molar-refractivity contribution in [2.45, 2.75) is 19.9 Å². The molecule has 0 unspecified atom stereocenters. The van der Waals surface area contributed by atoms with Gasteiger partial charge in [0.1, 0.15) is 13.2 Å². The van der Waals surface area contributed by atoms with Gasteiger partial charge in [-0.1, -0.05) is 24.3 Å². The molecule has 2 heterocycles. The average Bonchev–Trinajstić information content (AvgIpc) is 2.66. The molecule has 0 aliphatic carbocycles. The molecule has 0 radical (unpaired) electrons. The summed E-state index contributed by atoms with van der Waals surface area (Å²) in [7, 11) is 0. The summed E-state index contributed by atoms with van der Waals surface area (Å²) in [5.74, 6) is 1.35. The Labute approximate surface area is 152 Å². The largest absolute Gasteiger partial charge is 0.486 e. The van der Waals surface area contributed by atoms with E-state index in [0.29, 0.717) is 18.8 Å². The van der Waals surface area contributed by atoms with E-state index in [1.165, 1.54) is 0 Å². The molecule has 0 fully saturated rings. The molecule has 0 spiro atoms. The highest BCUT2D eigenvalue weighted by molar-refractivity contribution is 6.06. The minimum Gasteiger partial charge on any atom is -0.486 e. The lowest BCUT2D eigenvalue weighted by molar-refractivity contribution is 0.0941. The van der Waals surface area contributed by atoms with Gasteiger partial charge in [-0.25, -0.2) is 0 Å². The molecule has 132 valence electrons. The Kier molecular flexibility index (Phi) is 4.21. The second kappa shape index (κ2) is 6.67. The van der Waals surface area contributed by atoms with Crippen LogP contribution in [0.25, 0.3) is 10.9 Å². The van der Waals surface area contributed by atoms with Gasteiger partial charge in [0.2, 0.25) is 0 Å². The van der Waals surface area contributed by atoms with Crippen LogP contribution < -0.4 is 14.8 Å².